The largest absolute Gasteiger partial charge is 3.00 e. The fourth-order valence-corrected chi connectivity index (χ4v) is 5.08. The van der Waals surface area contributed by atoms with Crippen LogP contribution in [0.15, 0.2) is 127 Å². The number of hydrogen-bond acceptors (Lipinski definition) is 14. The van der Waals surface area contributed by atoms with E-state index in [1.807, 2.05) is 12.1 Å². The first-order valence-corrected chi connectivity index (χ1v) is 16.0. The van der Waals surface area contributed by atoms with Crippen molar-refractivity contribution < 1.29 is 52.4 Å². The third kappa shape index (κ3) is 8.93. The molecule has 0 fully saturated rings. The van der Waals surface area contributed by atoms with Crippen molar-refractivity contribution in [2.45, 2.75) is 11.8 Å². The second-order valence-corrected chi connectivity index (χ2v) is 12.1. The molecular weight excluding hydrogens is 754 g/mol. The van der Waals surface area contributed by atoms with Crippen LogP contribution < -0.4 is 31.1 Å². The molecule has 267 valence electrons. The number of non-ortho nitro benzene ring substituents is 2. The van der Waals surface area contributed by atoms with E-state index in [0.717, 1.165) is 40.4 Å². The molecule has 0 amide bonds. The summed E-state index contributed by atoms with van der Waals surface area (Å²) in [4.78, 5) is 32.3. The fraction of sp³-hybridized carbons (Fsp3) is 0.0312. The van der Waals surface area contributed by atoms with Crippen LogP contribution in [-0.2, 0) is 27.4 Å². The minimum atomic E-state index is -3.98. The van der Waals surface area contributed by atoms with Crippen molar-refractivity contribution in [1.82, 2.24) is 9.78 Å². The van der Waals surface area contributed by atoms with Gasteiger partial charge in [-0.2, -0.15) is 15.3 Å². The number of nitrogens with two attached hydrogens (primary N) is 1. The predicted molar refractivity (Wildman–Crippen MR) is 179 cm³/mol. The van der Waals surface area contributed by atoms with E-state index in [0.29, 0.717) is 5.39 Å². The van der Waals surface area contributed by atoms with E-state index in [4.69, 9.17) is 5.14 Å². The second kappa shape index (κ2) is 16.0. The maximum absolute atomic E-state index is 12.6. The summed E-state index contributed by atoms with van der Waals surface area (Å²) in [6, 6.07) is 21.8. The summed E-state index contributed by atoms with van der Waals surface area (Å²) in [5, 5.41) is 82.5. The topological polar surface area (TPSA) is 301 Å². The van der Waals surface area contributed by atoms with Gasteiger partial charge in [0.25, 0.3) is 16.9 Å². The maximum Gasteiger partial charge on any atom is 3.00 e. The van der Waals surface area contributed by atoms with Crippen LogP contribution in [0.2, 0.25) is 0 Å². The van der Waals surface area contributed by atoms with Gasteiger partial charge in [-0.3, -0.25) is 25.0 Å². The van der Waals surface area contributed by atoms with Crippen molar-refractivity contribution in [1.29, 1.82) is 0 Å². The number of rotatable bonds is 8. The number of aromatic nitrogens is 2. The van der Waals surface area contributed by atoms with Crippen LogP contribution in [0.1, 0.15) is 7.12 Å². The van der Waals surface area contributed by atoms with Gasteiger partial charge in [-0.25, -0.2) is 13.6 Å². The molecule has 5 aromatic carbocycles. The van der Waals surface area contributed by atoms with Gasteiger partial charge in [0, 0.05) is 35.3 Å². The molecule has 0 saturated heterocycles. The number of benzene rings is 5. The summed E-state index contributed by atoms with van der Waals surface area (Å²) in [6.07, 6.45) is 0. The van der Waals surface area contributed by atoms with Crippen molar-refractivity contribution in [3.8, 4) is 22.9 Å². The molecule has 53 heavy (non-hydrogen) atoms. The van der Waals surface area contributed by atoms with E-state index < -0.39 is 42.6 Å². The average Bonchev–Trinajstić information content (AvgIpc) is 3.39. The number of primary sulfonamides is 1. The van der Waals surface area contributed by atoms with Gasteiger partial charge >= 0.3 is 18.8 Å². The molecule has 2 N–H and O–H groups in total. The smallest absolute Gasteiger partial charge is 0.871 e. The Morgan fingerprint density at radius 3 is 1.83 bits per heavy atom. The van der Waals surface area contributed by atoms with Crippen LogP contribution in [0.4, 0.5) is 34.1 Å². The Bertz CT molecular complexity index is 2610. The van der Waals surface area contributed by atoms with E-state index in [9.17, 15) is 48.8 Å². The molecule has 6 rings (SSSR count). The summed E-state index contributed by atoms with van der Waals surface area (Å²) in [5.41, 5.74) is -1.40. The Morgan fingerprint density at radius 1 is 0.717 bits per heavy atom. The first-order valence-electron chi connectivity index (χ1n) is 14.5. The Morgan fingerprint density at radius 2 is 1.28 bits per heavy atom. The standard InChI is InChI=1S/C16H14N6O6S.C16H11N3O4.Cr/c1-9-15(19-18-13-6-5-11(22(25)26)8-14(13)23)16(24)21(20-9)10-3-2-4-12(7-10)29(17,27)28;20-14-8-5-10-3-1-2-4-12(10)16(14)18-17-13-7-6-11(19(22)23)9-15(13)21;/h2-8H,1H3,(H4,17,18,19,20,23,24,27,28);1-9,20-21H;/q;;+3/p-3. The summed E-state index contributed by atoms with van der Waals surface area (Å²) in [7, 11) is -3.98. The summed E-state index contributed by atoms with van der Waals surface area (Å²) in [6.45, 7) is 1.48. The molecule has 21 heteroatoms. The number of nitrogens with zero attached hydrogens (tertiary/aromatic N) is 8. The Balaban J connectivity index is 0.000000287. The molecule has 0 aliphatic carbocycles. The first-order chi connectivity index (χ1) is 24.6. The van der Waals surface area contributed by atoms with Crippen molar-refractivity contribution in [3.63, 3.8) is 0 Å². The SMILES string of the molecule is Cc1[n-]n(-c2cccc(S(N)(=O)=O)c2)c(=O)c1N=Nc1ccc([N+](=O)[O-])cc1[O-].O=[N+]([O-])c1ccc(N=Nc2c([O-])ccc3ccccc23)c([O-])c1.[Cr+3].[H+]. The predicted octanol–water partition coefficient (Wildman–Crippen LogP) is 4.57. The number of sulfonamides is 1. The van der Waals surface area contributed by atoms with Gasteiger partial charge in [0.2, 0.25) is 10.0 Å². The number of aryl methyl sites for hydroxylation is 1. The second-order valence-electron chi connectivity index (χ2n) is 10.5. The third-order valence-electron chi connectivity index (χ3n) is 7.07. The molecule has 0 aliphatic rings. The van der Waals surface area contributed by atoms with Gasteiger partial charge in [0.1, 0.15) is 5.69 Å². The monoisotopic (exact) mass is 776 g/mol. The molecule has 1 heterocycles. The molecule has 19 nitrogen and oxygen atoms in total. The number of nitro groups is 2. The fourth-order valence-electron chi connectivity index (χ4n) is 4.52. The molecule has 0 unspecified atom stereocenters. The minimum Gasteiger partial charge on any atom is -0.871 e. The summed E-state index contributed by atoms with van der Waals surface area (Å²) >= 11 is 0. The Labute approximate surface area is 310 Å². The van der Waals surface area contributed by atoms with E-state index in [1.165, 1.54) is 43.3 Å². The van der Waals surface area contributed by atoms with Crippen LogP contribution >= 0.6 is 0 Å². The van der Waals surface area contributed by atoms with Crippen molar-refractivity contribution >= 4 is 54.9 Å². The van der Waals surface area contributed by atoms with Gasteiger partial charge < -0.3 is 25.1 Å². The van der Waals surface area contributed by atoms with Crippen LogP contribution in [0, 0.1) is 27.2 Å². The molecule has 0 saturated carbocycles. The van der Waals surface area contributed by atoms with E-state index in [-0.39, 0.29) is 69.3 Å². The normalized spacial score (nSPS) is 11.3. The maximum atomic E-state index is 12.6. The number of hydrogen-bond donors (Lipinski definition) is 1. The molecule has 1 radical (unpaired) electrons. The molecule has 6 aromatic rings. The van der Waals surface area contributed by atoms with Crippen LogP contribution in [0.25, 0.3) is 16.5 Å². The molecule has 0 spiro atoms. The zero-order valence-corrected chi connectivity index (χ0v) is 28.9. The van der Waals surface area contributed by atoms with Gasteiger partial charge in [0.15, 0.2) is 0 Å². The van der Waals surface area contributed by atoms with Gasteiger partial charge in [-0.15, -0.1) is 10.8 Å². The number of fused-ring (bicyclic) bond motifs is 1. The summed E-state index contributed by atoms with van der Waals surface area (Å²) in [5.74, 6) is -1.68. The molecule has 0 atom stereocenters. The Kier molecular flexibility index (Phi) is 11.8. The molecule has 0 bridgehead atoms. The third-order valence-corrected chi connectivity index (χ3v) is 7.98. The van der Waals surface area contributed by atoms with E-state index in [1.54, 1.807) is 18.2 Å². The zero-order chi connectivity index (χ0) is 37.7. The van der Waals surface area contributed by atoms with E-state index >= 15 is 0 Å². The molecular formula is C32H22CrN9O10S. The van der Waals surface area contributed by atoms with Crippen LogP contribution in [0.3, 0.4) is 0 Å². The van der Waals surface area contributed by atoms with E-state index in [2.05, 4.69) is 25.6 Å². The van der Waals surface area contributed by atoms with Gasteiger partial charge in [-0.1, -0.05) is 66.6 Å². The van der Waals surface area contributed by atoms with Gasteiger partial charge in [0.05, 0.1) is 31.8 Å². The van der Waals surface area contributed by atoms with Gasteiger partial charge in [-0.05, 0) is 35.7 Å². The van der Waals surface area contributed by atoms with Crippen LogP contribution in [-0.4, -0.2) is 22.9 Å². The number of azo groups is 2. The summed E-state index contributed by atoms with van der Waals surface area (Å²) < 4.78 is 23.9. The zero-order valence-electron chi connectivity index (χ0n) is 27.8. The van der Waals surface area contributed by atoms with Crippen molar-refractivity contribution in [3.05, 3.63) is 133 Å². The first kappa shape index (κ1) is 39.0. The molecule has 1 aromatic heterocycles. The number of nitro benzene ring substituents is 2. The van der Waals surface area contributed by atoms with Crippen LogP contribution in [0.5, 0.6) is 17.2 Å². The molecule has 0 aliphatic heterocycles. The van der Waals surface area contributed by atoms with Crippen molar-refractivity contribution in [2.75, 3.05) is 0 Å². The minimum absolute atomic E-state index is 0. The average molecular weight is 777 g/mol. The van der Waals surface area contributed by atoms with Crippen molar-refractivity contribution in [2.24, 2.45) is 25.6 Å². The quantitative estimate of drug-likeness (QED) is 0.127. The Hall–Kier alpha value is -6.79.